The van der Waals surface area contributed by atoms with Crippen LogP contribution in [0.1, 0.15) is 33.1 Å². The van der Waals surface area contributed by atoms with Gasteiger partial charge in [-0.05, 0) is 38.1 Å². The van der Waals surface area contributed by atoms with Gasteiger partial charge in [-0.2, -0.15) is 0 Å². The van der Waals surface area contributed by atoms with Crippen molar-refractivity contribution in [3.05, 3.63) is 45.8 Å². The fourth-order valence-corrected chi connectivity index (χ4v) is 2.52. The third-order valence-electron chi connectivity index (χ3n) is 2.62. The summed E-state index contributed by atoms with van der Waals surface area (Å²) in [6.45, 7) is 4.00. The van der Waals surface area contributed by atoms with Crippen molar-refractivity contribution in [3.8, 4) is 0 Å². The molecule has 0 bridgehead atoms. The normalized spacial score (nSPS) is 12.1. The highest BCUT2D eigenvalue weighted by molar-refractivity contribution is 7.12. The molecule has 1 atom stereocenters. The predicted molar refractivity (Wildman–Crippen MR) is 73.6 cm³/mol. The van der Waals surface area contributed by atoms with Crippen LogP contribution in [0, 0.1) is 6.92 Å². The minimum atomic E-state index is -0.195. The van der Waals surface area contributed by atoms with Crippen LogP contribution in [-0.2, 0) is 0 Å². The molecule has 0 radical (unpaired) electrons. The number of hydrogen-bond acceptors (Lipinski definition) is 4. The Kier molecular flexibility index (Phi) is 3.62. The number of thiophene rings is 1. The summed E-state index contributed by atoms with van der Waals surface area (Å²) in [4.78, 5) is 18.3. The zero-order chi connectivity index (χ0) is 13.1. The van der Waals surface area contributed by atoms with Crippen LogP contribution in [0.2, 0.25) is 0 Å². The van der Waals surface area contributed by atoms with E-state index in [9.17, 15) is 4.79 Å². The Morgan fingerprint density at radius 2 is 2.22 bits per heavy atom. The predicted octanol–water partition coefficient (Wildman–Crippen LogP) is 2.52. The zero-order valence-corrected chi connectivity index (χ0v) is 11.1. The molecule has 5 heteroatoms. The molecular weight excluding hydrogens is 246 g/mol. The molecule has 18 heavy (non-hydrogen) atoms. The van der Waals surface area contributed by atoms with E-state index in [2.05, 4.69) is 10.3 Å². The van der Waals surface area contributed by atoms with Gasteiger partial charge in [0.25, 0.3) is 5.91 Å². The standard InChI is InChI=1S/C13H15N3OS/c1-8-5-6-11(18-8)9(2)16-13(17)10-4-3-7-15-12(10)14/h3-7,9H,1-2H3,(H2,14,15)(H,16,17). The molecule has 1 amide bonds. The van der Waals surface area contributed by atoms with Crippen molar-refractivity contribution in [3.63, 3.8) is 0 Å². The second-order valence-electron chi connectivity index (χ2n) is 4.08. The van der Waals surface area contributed by atoms with Crippen molar-refractivity contribution in [2.45, 2.75) is 19.9 Å². The molecule has 2 rings (SSSR count). The first-order chi connectivity index (χ1) is 8.58. The monoisotopic (exact) mass is 261 g/mol. The van der Waals surface area contributed by atoms with Gasteiger partial charge in [-0.15, -0.1) is 11.3 Å². The second-order valence-corrected chi connectivity index (χ2v) is 5.40. The lowest BCUT2D eigenvalue weighted by Gasteiger charge is -2.12. The Hall–Kier alpha value is -1.88. The number of nitrogens with one attached hydrogen (secondary N) is 1. The van der Waals surface area contributed by atoms with Gasteiger partial charge in [-0.25, -0.2) is 4.98 Å². The van der Waals surface area contributed by atoms with E-state index in [0.29, 0.717) is 5.56 Å². The maximum Gasteiger partial charge on any atom is 0.255 e. The fourth-order valence-electron chi connectivity index (χ4n) is 1.64. The van der Waals surface area contributed by atoms with Crippen LogP contribution in [0.4, 0.5) is 5.82 Å². The molecule has 3 N–H and O–H groups in total. The van der Waals surface area contributed by atoms with E-state index >= 15 is 0 Å². The van der Waals surface area contributed by atoms with Gasteiger partial charge in [-0.1, -0.05) is 0 Å². The Labute approximate surface area is 110 Å². The number of amides is 1. The van der Waals surface area contributed by atoms with Crippen molar-refractivity contribution >= 4 is 23.1 Å². The molecule has 0 aliphatic carbocycles. The first-order valence-electron chi connectivity index (χ1n) is 5.65. The SMILES string of the molecule is Cc1ccc(C(C)NC(=O)c2cccnc2N)s1. The van der Waals surface area contributed by atoms with Gasteiger partial charge in [0.2, 0.25) is 0 Å². The summed E-state index contributed by atoms with van der Waals surface area (Å²) < 4.78 is 0. The lowest BCUT2D eigenvalue weighted by atomic mass is 10.2. The summed E-state index contributed by atoms with van der Waals surface area (Å²) in [6.07, 6.45) is 1.57. The molecular formula is C13H15N3OS. The highest BCUT2D eigenvalue weighted by Gasteiger charge is 2.14. The molecule has 1 unspecified atom stereocenters. The molecule has 2 aromatic heterocycles. The van der Waals surface area contributed by atoms with Crippen LogP contribution in [0.25, 0.3) is 0 Å². The topological polar surface area (TPSA) is 68.0 Å². The van der Waals surface area contributed by atoms with Crippen LogP contribution in [0.3, 0.4) is 0 Å². The summed E-state index contributed by atoms with van der Waals surface area (Å²) >= 11 is 1.68. The highest BCUT2D eigenvalue weighted by atomic mass is 32.1. The summed E-state index contributed by atoms with van der Waals surface area (Å²) in [6, 6.07) is 7.41. The first-order valence-corrected chi connectivity index (χ1v) is 6.47. The number of nitrogens with zero attached hydrogens (tertiary/aromatic N) is 1. The lowest BCUT2D eigenvalue weighted by Crippen LogP contribution is -2.27. The van der Waals surface area contributed by atoms with Crippen LogP contribution in [0.5, 0.6) is 0 Å². The summed E-state index contributed by atoms with van der Waals surface area (Å²) in [5.41, 5.74) is 6.09. The first kappa shape index (κ1) is 12.6. The number of carbonyl (C=O) groups is 1. The Balaban J connectivity index is 2.10. The lowest BCUT2D eigenvalue weighted by molar-refractivity contribution is 0.0941. The van der Waals surface area contributed by atoms with Crippen molar-refractivity contribution in [2.24, 2.45) is 0 Å². The minimum absolute atomic E-state index is 0.0317. The number of hydrogen-bond donors (Lipinski definition) is 2. The number of anilines is 1. The molecule has 0 saturated carbocycles. The van der Waals surface area contributed by atoms with Gasteiger partial charge in [0, 0.05) is 16.0 Å². The van der Waals surface area contributed by atoms with Crippen molar-refractivity contribution < 1.29 is 4.79 Å². The maximum absolute atomic E-state index is 12.0. The Morgan fingerprint density at radius 1 is 1.44 bits per heavy atom. The van der Waals surface area contributed by atoms with Gasteiger partial charge < -0.3 is 11.1 Å². The van der Waals surface area contributed by atoms with E-state index in [1.165, 1.54) is 4.88 Å². The molecule has 0 fully saturated rings. The second kappa shape index (κ2) is 5.18. The summed E-state index contributed by atoms with van der Waals surface area (Å²) in [7, 11) is 0. The molecule has 4 nitrogen and oxygen atoms in total. The van der Waals surface area contributed by atoms with Crippen LogP contribution >= 0.6 is 11.3 Å². The minimum Gasteiger partial charge on any atom is -0.383 e. The third kappa shape index (κ3) is 2.68. The van der Waals surface area contributed by atoms with Crippen LogP contribution < -0.4 is 11.1 Å². The summed E-state index contributed by atoms with van der Waals surface area (Å²) in [5, 5.41) is 2.92. The average Bonchev–Trinajstić information content (AvgIpc) is 2.76. The average molecular weight is 261 g/mol. The van der Waals surface area contributed by atoms with Gasteiger partial charge in [-0.3, -0.25) is 4.79 Å². The molecule has 0 spiro atoms. The smallest absolute Gasteiger partial charge is 0.255 e. The van der Waals surface area contributed by atoms with E-state index in [0.717, 1.165) is 4.88 Å². The maximum atomic E-state index is 12.0. The number of carbonyl (C=O) groups excluding carboxylic acids is 1. The largest absolute Gasteiger partial charge is 0.383 e. The van der Waals surface area contributed by atoms with E-state index in [-0.39, 0.29) is 17.8 Å². The fraction of sp³-hybridized carbons (Fsp3) is 0.231. The zero-order valence-electron chi connectivity index (χ0n) is 10.3. The van der Waals surface area contributed by atoms with Crippen molar-refractivity contribution in [2.75, 3.05) is 5.73 Å². The molecule has 0 aliphatic rings. The molecule has 2 heterocycles. The quantitative estimate of drug-likeness (QED) is 0.892. The van der Waals surface area contributed by atoms with Crippen LogP contribution in [-0.4, -0.2) is 10.9 Å². The number of nitrogen functional groups attached to an aromatic ring is 1. The number of aromatic nitrogens is 1. The van der Waals surface area contributed by atoms with E-state index in [1.54, 1.807) is 29.7 Å². The number of rotatable bonds is 3. The van der Waals surface area contributed by atoms with Crippen molar-refractivity contribution in [1.29, 1.82) is 0 Å². The van der Waals surface area contributed by atoms with E-state index in [1.807, 2.05) is 26.0 Å². The molecule has 0 aromatic carbocycles. The molecule has 94 valence electrons. The van der Waals surface area contributed by atoms with E-state index in [4.69, 9.17) is 5.73 Å². The van der Waals surface area contributed by atoms with Crippen LogP contribution in [0.15, 0.2) is 30.5 Å². The molecule has 0 saturated heterocycles. The van der Waals surface area contributed by atoms with Gasteiger partial charge in [0.1, 0.15) is 5.82 Å². The highest BCUT2D eigenvalue weighted by Crippen LogP contribution is 2.22. The van der Waals surface area contributed by atoms with Gasteiger partial charge >= 0.3 is 0 Å². The van der Waals surface area contributed by atoms with Gasteiger partial charge in [0.05, 0.1) is 11.6 Å². The van der Waals surface area contributed by atoms with Gasteiger partial charge in [0.15, 0.2) is 0 Å². The number of pyridine rings is 1. The third-order valence-corrected chi connectivity index (χ3v) is 3.80. The van der Waals surface area contributed by atoms with E-state index < -0.39 is 0 Å². The van der Waals surface area contributed by atoms with Crippen molar-refractivity contribution in [1.82, 2.24) is 10.3 Å². The number of nitrogens with two attached hydrogens (primary N) is 1. The Bertz CT molecular complexity index is 565. The molecule has 2 aromatic rings. The summed E-state index contributed by atoms with van der Waals surface area (Å²) in [5.74, 6) is 0.0590. The Morgan fingerprint density at radius 3 is 2.83 bits per heavy atom. The number of aryl methyl sites for hydroxylation is 1. The molecule has 0 aliphatic heterocycles.